The maximum Gasteiger partial charge on any atom is 0.251 e. The van der Waals surface area contributed by atoms with E-state index in [0.717, 1.165) is 42.5 Å². The number of benzene rings is 1. The second-order valence-corrected chi connectivity index (χ2v) is 6.30. The van der Waals surface area contributed by atoms with Crippen LogP contribution < -0.4 is 11.0 Å². The molecule has 1 aliphatic heterocycles. The molecule has 23 heavy (non-hydrogen) atoms. The molecule has 1 fully saturated rings. The number of anilines is 1. The fraction of sp³-hybridized carbons (Fsp3) is 0.500. The highest BCUT2D eigenvalue weighted by atomic mass is 16.6. The molecule has 1 N–H and O–H groups in total. The van der Waals surface area contributed by atoms with Gasteiger partial charge in [0, 0.05) is 18.0 Å². The Hall–Kier alpha value is -1.85. The van der Waals surface area contributed by atoms with Crippen molar-refractivity contribution >= 4 is 16.6 Å². The van der Waals surface area contributed by atoms with Crippen molar-refractivity contribution in [1.29, 1.82) is 0 Å². The van der Waals surface area contributed by atoms with Crippen molar-refractivity contribution in [3.05, 3.63) is 40.2 Å². The first kappa shape index (κ1) is 16.0. The van der Waals surface area contributed by atoms with E-state index in [-0.39, 0.29) is 5.56 Å². The number of piperidine rings is 1. The Balaban J connectivity index is 2.15. The predicted molar refractivity (Wildman–Crippen MR) is 94.0 cm³/mol. The van der Waals surface area contributed by atoms with E-state index in [1.807, 2.05) is 29.7 Å². The number of fused-ring (bicyclic) bond motifs is 1. The molecule has 1 aliphatic rings. The molecule has 0 bridgehead atoms. The van der Waals surface area contributed by atoms with Crippen LogP contribution in [-0.4, -0.2) is 36.7 Å². The van der Waals surface area contributed by atoms with Gasteiger partial charge in [-0.2, -0.15) is 0 Å². The van der Waals surface area contributed by atoms with Crippen molar-refractivity contribution < 1.29 is 4.84 Å². The molecular formula is C18H25N3O2. The zero-order valence-corrected chi connectivity index (χ0v) is 14.1. The molecule has 2 heterocycles. The molecule has 0 spiro atoms. The van der Waals surface area contributed by atoms with E-state index in [1.54, 1.807) is 7.11 Å². The van der Waals surface area contributed by atoms with Gasteiger partial charge in [-0.05, 0) is 69.6 Å². The number of nitrogens with zero attached hydrogens (tertiary/aromatic N) is 2. The van der Waals surface area contributed by atoms with E-state index >= 15 is 0 Å². The highest BCUT2D eigenvalue weighted by molar-refractivity contribution is 5.86. The lowest BCUT2D eigenvalue weighted by molar-refractivity contribution is 0.256. The third-order valence-corrected chi connectivity index (χ3v) is 4.84. The van der Waals surface area contributed by atoms with Crippen molar-refractivity contribution in [3.8, 4) is 0 Å². The van der Waals surface area contributed by atoms with E-state index in [0.29, 0.717) is 12.5 Å². The van der Waals surface area contributed by atoms with E-state index in [2.05, 4.69) is 23.5 Å². The van der Waals surface area contributed by atoms with Crippen molar-refractivity contribution in [2.75, 3.05) is 32.7 Å². The number of nitrogens with one attached hydrogen (secondary N) is 1. The Kier molecular flexibility index (Phi) is 4.68. The van der Waals surface area contributed by atoms with Gasteiger partial charge in [0.25, 0.3) is 5.56 Å². The van der Waals surface area contributed by atoms with Gasteiger partial charge >= 0.3 is 0 Å². The zero-order valence-electron chi connectivity index (χ0n) is 14.1. The first-order chi connectivity index (χ1) is 11.1. The lowest BCUT2D eigenvalue weighted by Gasteiger charge is -2.30. The summed E-state index contributed by atoms with van der Waals surface area (Å²) in [7, 11) is 3.76. The van der Waals surface area contributed by atoms with Gasteiger partial charge in [-0.25, -0.2) is 0 Å². The van der Waals surface area contributed by atoms with Gasteiger partial charge in [-0.3, -0.25) is 15.1 Å². The molecule has 0 aliphatic carbocycles. The molecule has 1 saturated heterocycles. The number of aryl methyl sites for hydroxylation is 1. The zero-order chi connectivity index (χ0) is 16.4. The summed E-state index contributed by atoms with van der Waals surface area (Å²) < 4.78 is 1.84. The van der Waals surface area contributed by atoms with Crippen LogP contribution in [0.3, 0.4) is 0 Å². The second-order valence-electron chi connectivity index (χ2n) is 6.30. The van der Waals surface area contributed by atoms with Crippen LogP contribution in [0.25, 0.3) is 10.9 Å². The number of rotatable bonds is 4. The Morgan fingerprint density at radius 1 is 1.26 bits per heavy atom. The molecule has 2 aromatic rings. The van der Waals surface area contributed by atoms with Gasteiger partial charge in [0.1, 0.15) is 0 Å². The summed E-state index contributed by atoms with van der Waals surface area (Å²) in [6, 6.07) is 7.91. The fourth-order valence-electron chi connectivity index (χ4n) is 3.57. The van der Waals surface area contributed by atoms with Crippen molar-refractivity contribution in [2.24, 2.45) is 0 Å². The SMILES string of the molecule is CCn1c(=O)cc(C2CCN(C)CC2)c2cc(NOC)ccc21. The van der Waals surface area contributed by atoms with Crippen molar-refractivity contribution in [1.82, 2.24) is 9.47 Å². The van der Waals surface area contributed by atoms with Crippen LogP contribution in [0, 0.1) is 0 Å². The summed E-state index contributed by atoms with van der Waals surface area (Å²) in [5.41, 5.74) is 6.10. The Bertz CT molecular complexity index is 746. The molecule has 124 valence electrons. The maximum absolute atomic E-state index is 12.5. The average Bonchev–Trinajstić information content (AvgIpc) is 2.55. The summed E-state index contributed by atoms with van der Waals surface area (Å²) in [4.78, 5) is 19.9. The summed E-state index contributed by atoms with van der Waals surface area (Å²) in [5, 5.41) is 1.16. The molecule has 5 nitrogen and oxygen atoms in total. The van der Waals surface area contributed by atoms with Crippen molar-refractivity contribution in [3.63, 3.8) is 0 Å². The molecule has 0 unspecified atom stereocenters. The van der Waals surface area contributed by atoms with Crippen LogP contribution in [0.2, 0.25) is 0 Å². The topological polar surface area (TPSA) is 46.5 Å². The second kappa shape index (κ2) is 6.72. The number of aromatic nitrogens is 1. The largest absolute Gasteiger partial charge is 0.309 e. The minimum absolute atomic E-state index is 0.0985. The number of likely N-dealkylation sites (tertiary alicyclic amines) is 1. The maximum atomic E-state index is 12.5. The van der Waals surface area contributed by atoms with Gasteiger partial charge in [0.15, 0.2) is 0 Å². The molecular weight excluding hydrogens is 290 g/mol. The molecule has 3 rings (SSSR count). The molecule has 0 amide bonds. The van der Waals surface area contributed by atoms with E-state index < -0.39 is 0 Å². The standard InChI is InChI=1S/C18H25N3O2/c1-4-21-17-6-5-14(19-23-3)11-16(17)15(12-18(21)22)13-7-9-20(2)10-8-13/h5-6,11-13,19H,4,7-10H2,1-3H3. The van der Waals surface area contributed by atoms with Gasteiger partial charge < -0.3 is 9.47 Å². The summed E-state index contributed by atoms with van der Waals surface area (Å²) >= 11 is 0. The van der Waals surface area contributed by atoms with E-state index in [1.165, 1.54) is 5.56 Å². The van der Waals surface area contributed by atoms with Crippen LogP contribution >= 0.6 is 0 Å². The van der Waals surface area contributed by atoms with Gasteiger partial charge in [0.05, 0.1) is 18.3 Å². The number of hydrogen-bond acceptors (Lipinski definition) is 4. The van der Waals surface area contributed by atoms with E-state index in [9.17, 15) is 4.79 Å². The third kappa shape index (κ3) is 3.12. The average molecular weight is 315 g/mol. The lowest BCUT2D eigenvalue weighted by atomic mass is 9.87. The molecule has 0 radical (unpaired) electrons. The fourth-order valence-corrected chi connectivity index (χ4v) is 3.57. The highest BCUT2D eigenvalue weighted by Crippen LogP contribution is 2.33. The van der Waals surface area contributed by atoms with Crippen LogP contribution in [0.5, 0.6) is 0 Å². The Morgan fingerprint density at radius 3 is 2.65 bits per heavy atom. The number of hydrogen-bond donors (Lipinski definition) is 1. The van der Waals surface area contributed by atoms with Gasteiger partial charge in [-0.1, -0.05) is 0 Å². The monoisotopic (exact) mass is 315 g/mol. The summed E-state index contributed by atoms with van der Waals surface area (Å²) in [6.07, 6.45) is 2.20. The minimum Gasteiger partial charge on any atom is -0.309 e. The Labute approximate surface area is 136 Å². The highest BCUT2D eigenvalue weighted by Gasteiger charge is 2.22. The Morgan fingerprint density at radius 2 is 2.00 bits per heavy atom. The quantitative estimate of drug-likeness (QED) is 0.881. The van der Waals surface area contributed by atoms with Gasteiger partial charge in [-0.15, -0.1) is 0 Å². The molecule has 5 heteroatoms. The molecule has 0 saturated carbocycles. The molecule has 1 aromatic heterocycles. The number of pyridine rings is 1. The lowest BCUT2D eigenvalue weighted by Crippen LogP contribution is -2.30. The van der Waals surface area contributed by atoms with E-state index in [4.69, 9.17) is 4.84 Å². The van der Waals surface area contributed by atoms with Crippen molar-refractivity contribution in [2.45, 2.75) is 32.2 Å². The minimum atomic E-state index is 0.0985. The first-order valence-corrected chi connectivity index (χ1v) is 8.29. The summed E-state index contributed by atoms with van der Waals surface area (Å²) in [6.45, 7) is 4.86. The van der Waals surface area contributed by atoms with Gasteiger partial charge in [0.2, 0.25) is 0 Å². The predicted octanol–water partition coefficient (Wildman–Crippen LogP) is 2.80. The third-order valence-electron chi connectivity index (χ3n) is 4.84. The smallest absolute Gasteiger partial charge is 0.251 e. The molecule has 0 atom stereocenters. The molecule has 1 aromatic carbocycles. The summed E-state index contributed by atoms with van der Waals surface area (Å²) in [5.74, 6) is 0.450. The van der Waals surface area contributed by atoms with Crippen LogP contribution in [0.1, 0.15) is 31.2 Å². The van der Waals surface area contributed by atoms with Crippen LogP contribution in [-0.2, 0) is 11.4 Å². The normalized spacial score (nSPS) is 16.8. The van der Waals surface area contributed by atoms with Crippen LogP contribution in [0.15, 0.2) is 29.1 Å². The van der Waals surface area contributed by atoms with Crippen LogP contribution in [0.4, 0.5) is 5.69 Å². The first-order valence-electron chi connectivity index (χ1n) is 8.29.